The van der Waals surface area contributed by atoms with Crippen LogP contribution in [-0.4, -0.2) is 25.7 Å². The summed E-state index contributed by atoms with van der Waals surface area (Å²) < 4.78 is 11.0. The molecule has 0 spiro atoms. The fourth-order valence-electron chi connectivity index (χ4n) is 2.85. The van der Waals surface area contributed by atoms with Crippen LogP contribution >= 0.6 is 0 Å². The maximum absolute atomic E-state index is 12.4. The van der Waals surface area contributed by atoms with Crippen LogP contribution in [0.3, 0.4) is 0 Å². The van der Waals surface area contributed by atoms with Gasteiger partial charge in [0.25, 0.3) is 5.91 Å². The Morgan fingerprint density at radius 1 is 1.07 bits per heavy atom. The van der Waals surface area contributed by atoms with Gasteiger partial charge in [-0.25, -0.2) is 0 Å². The van der Waals surface area contributed by atoms with E-state index < -0.39 is 6.10 Å². The minimum atomic E-state index is -0.498. The average molecular weight is 370 g/mol. The summed E-state index contributed by atoms with van der Waals surface area (Å²) in [4.78, 5) is 12.4. The van der Waals surface area contributed by atoms with E-state index in [2.05, 4.69) is 43.4 Å². The Hall–Kier alpha value is -2.49. The molecule has 27 heavy (non-hydrogen) atoms. The van der Waals surface area contributed by atoms with Crippen LogP contribution in [0.25, 0.3) is 0 Å². The summed E-state index contributed by atoms with van der Waals surface area (Å²) in [5.41, 5.74) is 2.65. The molecule has 2 aromatic carbocycles. The Kier molecular flexibility index (Phi) is 8.18. The van der Waals surface area contributed by atoms with Crippen LogP contribution in [0.2, 0.25) is 0 Å². The maximum atomic E-state index is 12.4. The molecular weight excluding hydrogens is 338 g/mol. The van der Waals surface area contributed by atoms with Crippen molar-refractivity contribution in [3.8, 4) is 11.5 Å². The predicted molar refractivity (Wildman–Crippen MR) is 110 cm³/mol. The van der Waals surface area contributed by atoms with Crippen molar-refractivity contribution in [3.05, 3.63) is 59.7 Å². The quantitative estimate of drug-likeness (QED) is 0.616. The second-order valence-corrected chi connectivity index (χ2v) is 6.98. The lowest BCUT2D eigenvalue weighted by Gasteiger charge is -2.17. The summed E-state index contributed by atoms with van der Waals surface area (Å²) in [6.45, 7) is 6.98. The zero-order valence-electron chi connectivity index (χ0n) is 16.8. The molecule has 0 aliphatic carbocycles. The number of hydrogen-bond acceptors (Lipinski definition) is 3. The van der Waals surface area contributed by atoms with Gasteiger partial charge in [0, 0.05) is 12.6 Å². The molecule has 0 saturated carbocycles. The van der Waals surface area contributed by atoms with Gasteiger partial charge in [-0.15, -0.1) is 0 Å². The number of benzene rings is 2. The van der Waals surface area contributed by atoms with E-state index in [1.807, 2.05) is 25.1 Å². The maximum Gasteiger partial charge on any atom is 0.261 e. The molecule has 0 aliphatic rings. The fraction of sp³-hybridized carbons (Fsp3) is 0.435. The van der Waals surface area contributed by atoms with E-state index in [9.17, 15) is 4.79 Å². The van der Waals surface area contributed by atoms with Crippen molar-refractivity contribution in [2.24, 2.45) is 0 Å². The highest BCUT2D eigenvalue weighted by molar-refractivity contribution is 5.81. The molecule has 0 heterocycles. The predicted octanol–water partition coefficient (Wildman–Crippen LogP) is 4.73. The van der Waals surface area contributed by atoms with Crippen molar-refractivity contribution in [3.63, 3.8) is 0 Å². The highest BCUT2D eigenvalue weighted by atomic mass is 16.5. The molecule has 4 nitrogen and oxygen atoms in total. The van der Waals surface area contributed by atoms with Crippen LogP contribution in [0, 0.1) is 0 Å². The number of rotatable bonds is 10. The van der Waals surface area contributed by atoms with Crippen molar-refractivity contribution in [1.82, 2.24) is 5.32 Å². The van der Waals surface area contributed by atoms with Crippen LogP contribution in [-0.2, 0) is 11.2 Å². The second kappa shape index (κ2) is 10.6. The van der Waals surface area contributed by atoms with E-state index in [4.69, 9.17) is 9.47 Å². The second-order valence-electron chi connectivity index (χ2n) is 6.98. The first-order valence-electron chi connectivity index (χ1n) is 9.70. The monoisotopic (exact) mass is 369 g/mol. The number of carbonyl (C=O) groups excluding carboxylic acids is 1. The molecule has 0 aromatic heterocycles. The van der Waals surface area contributed by atoms with E-state index in [0.717, 1.165) is 12.8 Å². The summed E-state index contributed by atoms with van der Waals surface area (Å²) in [5, 5.41) is 2.99. The van der Waals surface area contributed by atoms with Crippen LogP contribution in [0.4, 0.5) is 0 Å². The molecule has 2 aromatic rings. The lowest BCUT2D eigenvalue weighted by Crippen LogP contribution is -2.38. The molecule has 1 amide bonds. The third-order valence-corrected chi connectivity index (χ3v) is 4.57. The Morgan fingerprint density at radius 3 is 2.41 bits per heavy atom. The van der Waals surface area contributed by atoms with Crippen LogP contribution in [0.1, 0.15) is 50.7 Å². The minimum absolute atomic E-state index is 0.0736. The smallest absolute Gasteiger partial charge is 0.261 e. The van der Waals surface area contributed by atoms with Gasteiger partial charge >= 0.3 is 0 Å². The van der Waals surface area contributed by atoms with Gasteiger partial charge in [0.1, 0.15) is 11.5 Å². The molecule has 1 atom stereocenters. The summed E-state index contributed by atoms with van der Waals surface area (Å²) >= 11 is 0. The highest BCUT2D eigenvalue weighted by Gasteiger charge is 2.18. The molecular formula is C23H31NO3. The van der Waals surface area contributed by atoms with E-state index in [0.29, 0.717) is 30.4 Å². The molecule has 4 heteroatoms. The van der Waals surface area contributed by atoms with Crippen molar-refractivity contribution >= 4 is 5.91 Å². The number of methoxy groups -OCH3 is 1. The molecule has 146 valence electrons. The zero-order valence-corrected chi connectivity index (χ0v) is 16.8. The molecule has 0 aliphatic heterocycles. The van der Waals surface area contributed by atoms with E-state index in [1.54, 1.807) is 13.2 Å². The molecule has 0 fully saturated rings. The van der Waals surface area contributed by atoms with E-state index in [-0.39, 0.29) is 5.91 Å². The van der Waals surface area contributed by atoms with Gasteiger partial charge in [-0.2, -0.15) is 0 Å². The van der Waals surface area contributed by atoms with Gasteiger partial charge in [-0.3, -0.25) is 4.79 Å². The van der Waals surface area contributed by atoms with Gasteiger partial charge in [0.2, 0.25) is 0 Å². The Labute approximate surface area is 162 Å². The van der Waals surface area contributed by atoms with Crippen LogP contribution in [0.15, 0.2) is 48.5 Å². The molecule has 2 rings (SSSR count). The van der Waals surface area contributed by atoms with Crippen molar-refractivity contribution < 1.29 is 14.3 Å². The third kappa shape index (κ3) is 6.63. The number of hydrogen-bond donors (Lipinski definition) is 1. The molecule has 0 saturated heterocycles. The fourth-order valence-corrected chi connectivity index (χ4v) is 2.85. The topological polar surface area (TPSA) is 47.6 Å². The van der Waals surface area contributed by atoms with Crippen LogP contribution < -0.4 is 14.8 Å². The van der Waals surface area contributed by atoms with Crippen molar-refractivity contribution in [2.75, 3.05) is 13.7 Å². The van der Waals surface area contributed by atoms with E-state index in [1.165, 1.54) is 11.1 Å². The standard InChI is InChI=1S/C23H31NO3/c1-5-22(27-21-10-6-9-20(16-21)26-4)23(25)24-15-7-8-18-11-13-19(14-12-18)17(2)3/h6,9-14,16-17,22H,5,7-8,15H2,1-4H3,(H,24,25). The average Bonchev–Trinajstić information content (AvgIpc) is 2.69. The largest absolute Gasteiger partial charge is 0.497 e. The molecule has 1 unspecified atom stereocenters. The van der Waals surface area contributed by atoms with Gasteiger partial charge in [-0.05, 0) is 48.4 Å². The summed E-state index contributed by atoms with van der Waals surface area (Å²) in [5.74, 6) is 1.83. The third-order valence-electron chi connectivity index (χ3n) is 4.57. The highest BCUT2D eigenvalue weighted by Crippen LogP contribution is 2.20. The molecule has 0 bridgehead atoms. The first-order valence-corrected chi connectivity index (χ1v) is 9.70. The zero-order chi connectivity index (χ0) is 19.6. The number of nitrogens with one attached hydrogen (secondary N) is 1. The van der Waals surface area contributed by atoms with Crippen molar-refractivity contribution in [1.29, 1.82) is 0 Å². The van der Waals surface area contributed by atoms with Gasteiger partial charge in [-0.1, -0.05) is 51.1 Å². The number of carbonyl (C=O) groups is 1. The van der Waals surface area contributed by atoms with Crippen molar-refractivity contribution in [2.45, 2.75) is 52.1 Å². The summed E-state index contributed by atoms with van der Waals surface area (Å²) in [6.07, 6.45) is 1.97. The number of ether oxygens (including phenoxy) is 2. The Balaban J connectivity index is 1.77. The van der Waals surface area contributed by atoms with Crippen LogP contribution in [0.5, 0.6) is 11.5 Å². The Bertz CT molecular complexity index is 710. The van der Waals surface area contributed by atoms with Gasteiger partial charge < -0.3 is 14.8 Å². The lowest BCUT2D eigenvalue weighted by atomic mass is 10.0. The first kappa shape index (κ1) is 20.8. The number of amides is 1. The summed E-state index contributed by atoms with van der Waals surface area (Å²) in [6, 6.07) is 16.1. The lowest BCUT2D eigenvalue weighted by molar-refractivity contribution is -0.128. The SMILES string of the molecule is CCC(Oc1cccc(OC)c1)C(=O)NCCCc1ccc(C(C)C)cc1. The normalized spacial score (nSPS) is 11.9. The van der Waals surface area contributed by atoms with Gasteiger partial charge in [0.15, 0.2) is 6.10 Å². The molecule has 1 N–H and O–H groups in total. The minimum Gasteiger partial charge on any atom is -0.497 e. The number of aryl methyl sites for hydroxylation is 1. The van der Waals surface area contributed by atoms with Gasteiger partial charge in [0.05, 0.1) is 7.11 Å². The molecule has 0 radical (unpaired) electrons. The Morgan fingerprint density at radius 2 is 1.78 bits per heavy atom. The first-order chi connectivity index (χ1) is 13.0. The summed E-state index contributed by atoms with van der Waals surface area (Å²) in [7, 11) is 1.61. The van der Waals surface area contributed by atoms with E-state index >= 15 is 0 Å².